The van der Waals surface area contributed by atoms with Crippen molar-refractivity contribution in [1.82, 2.24) is 19.6 Å². The molecule has 2 rings (SSSR count). The summed E-state index contributed by atoms with van der Waals surface area (Å²) in [6.45, 7) is 8.79. The number of rotatable bonds is 5. The Hall–Kier alpha value is -1.67. The van der Waals surface area contributed by atoms with Gasteiger partial charge in [0, 0.05) is 45.8 Å². The number of aryl methyl sites for hydroxylation is 2. The fraction of sp³-hybridized carbons (Fsp3) is 0.769. The van der Waals surface area contributed by atoms with Crippen molar-refractivity contribution in [2.24, 2.45) is 7.05 Å². The first-order valence-electron chi connectivity index (χ1n) is 7.24. The molecule has 1 fully saturated rings. The smallest absolute Gasteiger partial charge is 0.333 e. The van der Waals surface area contributed by atoms with Crippen molar-refractivity contribution in [2.45, 2.75) is 19.9 Å². The van der Waals surface area contributed by atoms with Gasteiger partial charge in [0.2, 0.25) is 5.82 Å². The van der Waals surface area contributed by atoms with Crippen LogP contribution in [0.3, 0.4) is 0 Å². The molecule has 0 bridgehead atoms. The Morgan fingerprint density at radius 1 is 1.33 bits per heavy atom. The molecule has 1 N–H and O–H groups in total. The summed E-state index contributed by atoms with van der Waals surface area (Å²) in [5.41, 5.74) is 0.513. The van der Waals surface area contributed by atoms with E-state index in [0.29, 0.717) is 11.5 Å². The second-order valence-electron chi connectivity index (χ2n) is 5.81. The zero-order valence-electron chi connectivity index (χ0n) is 13.2. The number of piperazine rings is 1. The van der Waals surface area contributed by atoms with Crippen LogP contribution >= 0.6 is 0 Å². The maximum Gasteiger partial charge on any atom is 0.333 e. The van der Waals surface area contributed by atoms with E-state index in [9.17, 15) is 10.1 Å². The first-order valence-corrected chi connectivity index (χ1v) is 7.24. The van der Waals surface area contributed by atoms with E-state index in [1.54, 1.807) is 18.7 Å². The van der Waals surface area contributed by atoms with Crippen molar-refractivity contribution in [1.29, 1.82) is 0 Å². The highest BCUT2D eigenvalue weighted by Crippen LogP contribution is 2.27. The zero-order valence-corrected chi connectivity index (χ0v) is 13.2. The fourth-order valence-corrected chi connectivity index (χ4v) is 2.72. The monoisotopic (exact) mass is 296 g/mol. The molecule has 0 radical (unpaired) electrons. The third-order valence-corrected chi connectivity index (χ3v) is 3.88. The molecule has 0 aromatic carbocycles. The summed E-state index contributed by atoms with van der Waals surface area (Å²) in [6.07, 6.45) is 0. The molecule has 0 saturated carbocycles. The van der Waals surface area contributed by atoms with E-state index in [4.69, 9.17) is 0 Å². The van der Waals surface area contributed by atoms with Crippen LogP contribution in [0.5, 0.6) is 0 Å². The van der Waals surface area contributed by atoms with E-state index in [1.807, 2.05) is 6.92 Å². The molecule has 0 spiro atoms. The van der Waals surface area contributed by atoms with Crippen molar-refractivity contribution in [3.8, 4) is 0 Å². The lowest BCUT2D eigenvalue weighted by Crippen LogP contribution is -2.47. The van der Waals surface area contributed by atoms with Gasteiger partial charge in [-0.25, -0.2) is 4.68 Å². The second kappa shape index (κ2) is 6.40. The molecule has 1 atom stereocenters. The number of hydrogen-bond acceptors (Lipinski definition) is 6. The number of hydrogen-bond donors (Lipinski definition) is 1. The van der Waals surface area contributed by atoms with E-state index in [-0.39, 0.29) is 16.7 Å². The second-order valence-corrected chi connectivity index (χ2v) is 5.81. The van der Waals surface area contributed by atoms with Crippen molar-refractivity contribution < 1.29 is 4.92 Å². The largest absolute Gasteiger partial charge is 0.361 e. The summed E-state index contributed by atoms with van der Waals surface area (Å²) < 4.78 is 1.55. The molecule has 1 aromatic heterocycles. The summed E-state index contributed by atoms with van der Waals surface area (Å²) in [6, 6.07) is 0.127. The van der Waals surface area contributed by atoms with E-state index in [0.717, 1.165) is 32.7 Å². The van der Waals surface area contributed by atoms with Gasteiger partial charge in [0.1, 0.15) is 5.69 Å². The number of likely N-dealkylation sites (N-methyl/N-ethyl adjacent to an activating group) is 1. The predicted octanol–water partition coefficient (Wildman–Crippen LogP) is 0.685. The van der Waals surface area contributed by atoms with Gasteiger partial charge in [0.25, 0.3) is 0 Å². The SMILES string of the molecule is Cc1nn(C)c(NC(C)CN2CCN(C)CC2)c1[N+](=O)[O-]. The van der Waals surface area contributed by atoms with Gasteiger partial charge in [0.15, 0.2) is 0 Å². The lowest BCUT2D eigenvalue weighted by Gasteiger charge is -2.34. The molecule has 1 saturated heterocycles. The summed E-state index contributed by atoms with van der Waals surface area (Å²) in [5, 5.41) is 18.5. The molecule has 8 nitrogen and oxygen atoms in total. The predicted molar refractivity (Wildman–Crippen MR) is 81.6 cm³/mol. The van der Waals surface area contributed by atoms with Crippen LogP contribution in [-0.2, 0) is 7.05 Å². The minimum absolute atomic E-state index is 0.0720. The van der Waals surface area contributed by atoms with Crippen molar-refractivity contribution in [3.05, 3.63) is 15.8 Å². The Morgan fingerprint density at radius 3 is 2.52 bits per heavy atom. The van der Waals surface area contributed by atoms with E-state index in [1.165, 1.54) is 0 Å². The fourth-order valence-electron chi connectivity index (χ4n) is 2.72. The summed E-state index contributed by atoms with van der Waals surface area (Å²) >= 11 is 0. The Labute approximate surface area is 124 Å². The number of nitro groups is 1. The lowest BCUT2D eigenvalue weighted by atomic mass is 10.2. The Balaban J connectivity index is 1.99. The van der Waals surface area contributed by atoms with Crippen LogP contribution in [0.25, 0.3) is 0 Å². The lowest BCUT2D eigenvalue weighted by molar-refractivity contribution is -0.384. The van der Waals surface area contributed by atoms with Gasteiger partial charge in [-0.15, -0.1) is 0 Å². The molecular formula is C13H24N6O2. The van der Waals surface area contributed by atoms with Crippen LogP contribution in [0.2, 0.25) is 0 Å². The topological polar surface area (TPSA) is 79.5 Å². The maximum absolute atomic E-state index is 11.2. The van der Waals surface area contributed by atoms with E-state index >= 15 is 0 Å². The molecule has 21 heavy (non-hydrogen) atoms. The van der Waals surface area contributed by atoms with Crippen molar-refractivity contribution >= 4 is 11.5 Å². The maximum atomic E-state index is 11.2. The standard InChI is InChI=1S/C13H24N6O2/c1-10(9-18-7-5-16(3)6-8-18)14-13-12(19(20)21)11(2)15-17(13)4/h10,14H,5-9H2,1-4H3. The van der Waals surface area contributed by atoms with Crippen molar-refractivity contribution in [2.75, 3.05) is 45.1 Å². The Bertz CT molecular complexity index is 507. The molecular weight excluding hydrogens is 272 g/mol. The minimum Gasteiger partial charge on any atom is -0.361 e. The zero-order chi connectivity index (χ0) is 15.6. The molecule has 0 amide bonds. The molecule has 2 heterocycles. The minimum atomic E-state index is -0.368. The number of aromatic nitrogens is 2. The van der Waals surface area contributed by atoms with E-state index in [2.05, 4.69) is 27.3 Å². The molecule has 8 heteroatoms. The van der Waals surface area contributed by atoms with Crippen LogP contribution in [0, 0.1) is 17.0 Å². The number of nitrogens with one attached hydrogen (secondary N) is 1. The molecule has 118 valence electrons. The quantitative estimate of drug-likeness (QED) is 0.636. The van der Waals surface area contributed by atoms with Gasteiger partial charge in [-0.2, -0.15) is 5.10 Å². The summed E-state index contributed by atoms with van der Waals surface area (Å²) in [5.74, 6) is 0.485. The first-order chi connectivity index (χ1) is 9.88. The highest BCUT2D eigenvalue weighted by Gasteiger charge is 2.25. The normalized spacial score (nSPS) is 18.7. The average Bonchev–Trinajstić information content (AvgIpc) is 2.67. The molecule has 1 unspecified atom stereocenters. The molecule has 1 aliphatic heterocycles. The van der Waals surface area contributed by atoms with Gasteiger partial charge >= 0.3 is 5.69 Å². The van der Waals surface area contributed by atoms with Crippen LogP contribution in [0.1, 0.15) is 12.6 Å². The first kappa shape index (κ1) is 15.7. The number of nitrogens with zero attached hydrogens (tertiary/aromatic N) is 5. The molecule has 1 aliphatic rings. The van der Waals surface area contributed by atoms with Gasteiger partial charge in [0.05, 0.1) is 4.92 Å². The van der Waals surface area contributed by atoms with Crippen molar-refractivity contribution in [3.63, 3.8) is 0 Å². The van der Waals surface area contributed by atoms with Crippen LogP contribution < -0.4 is 5.32 Å². The Morgan fingerprint density at radius 2 is 1.95 bits per heavy atom. The summed E-state index contributed by atoms with van der Waals surface area (Å²) in [4.78, 5) is 15.5. The third kappa shape index (κ3) is 3.70. The highest BCUT2D eigenvalue weighted by atomic mass is 16.6. The number of anilines is 1. The molecule has 1 aromatic rings. The van der Waals surface area contributed by atoms with Gasteiger partial charge in [-0.3, -0.25) is 15.0 Å². The average molecular weight is 296 g/mol. The van der Waals surface area contributed by atoms with Crippen LogP contribution in [0.4, 0.5) is 11.5 Å². The molecule has 0 aliphatic carbocycles. The van der Waals surface area contributed by atoms with Crippen LogP contribution in [-0.4, -0.2) is 70.3 Å². The van der Waals surface area contributed by atoms with Gasteiger partial charge in [-0.1, -0.05) is 0 Å². The summed E-state index contributed by atoms with van der Waals surface area (Å²) in [7, 11) is 3.85. The Kier molecular flexibility index (Phi) is 4.79. The van der Waals surface area contributed by atoms with Crippen LogP contribution in [0.15, 0.2) is 0 Å². The highest BCUT2D eigenvalue weighted by molar-refractivity contribution is 5.59. The van der Waals surface area contributed by atoms with Gasteiger partial charge in [-0.05, 0) is 20.9 Å². The van der Waals surface area contributed by atoms with Gasteiger partial charge < -0.3 is 10.2 Å². The van der Waals surface area contributed by atoms with E-state index < -0.39 is 0 Å². The third-order valence-electron chi connectivity index (χ3n) is 3.88.